The highest BCUT2D eigenvalue weighted by atomic mass is 35.5. The molecule has 0 saturated heterocycles. The first kappa shape index (κ1) is 20.8. The zero-order chi connectivity index (χ0) is 21.9. The summed E-state index contributed by atoms with van der Waals surface area (Å²) in [6, 6.07) is 15.4. The monoisotopic (exact) mass is 469 g/mol. The van der Waals surface area contributed by atoms with Crippen molar-refractivity contribution >= 4 is 23.4 Å². The predicted octanol–water partition coefficient (Wildman–Crippen LogP) is 5.31. The van der Waals surface area contributed by atoms with Gasteiger partial charge in [-0.3, -0.25) is 4.57 Å². The van der Waals surface area contributed by atoms with Gasteiger partial charge in [0.25, 0.3) is 0 Å². The number of rotatable bonds is 7. The predicted molar refractivity (Wildman–Crippen MR) is 122 cm³/mol. The van der Waals surface area contributed by atoms with Crippen LogP contribution in [0, 0.1) is 0 Å². The first-order valence-corrected chi connectivity index (χ1v) is 11.4. The normalized spacial score (nSPS) is 12.7. The number of fused-ring (bicyclic) bond motifs is 1. The molecule has 0 N–H and O–H groups in total. The Morgan fingerprint density at radius 1 is 1.09 bits per heavy atom. The van der Waals surface area contributed by atoms with Crippen molar-refractivity contribution in [1.29, 1.82) is 0 Å². The Morgan fingerprint density at radius 2 is 2.00 bits per heavy atom. The van der Waals surface area contributed by atoms with E-state index >= 15 is 0 Å². The van der Waals surface area contributed by atoms with Crippen molar-refractivity contribution in [2.75, 3.05) is 20.3 Å². The highest BCUT2D eigenvalue weighted by Gasteiger charge is 2.19. The second-order valence-corrected chi connectivity index (χ2v) is 8.44. The number of thioether (sulfide) groups is 1. The van der Waals surface area contributed by atoms with E-state index in [4.69, 9.17) is 30.2 Å². The molecule has 0 fully saturated rings. The van der Waals surface area contributed by atoms with Crippen molar-refractivity contribution in [3.8, 4) is 28.6 Å². The van der Waals surface area contributed by atoms with Crippen molar-refractivity contribution < 1.29 is 18.6 Å². The number of ether oxygens (including phenoxy) is 3. The summed E-state index contributed by atoms with van der Waals surface area (Å²) in [5, 5.41) is 10.2. The molecule has 0 radical (unpaired) electrons. The van der Waals surface area contributed by atoms with E-state index in [1.165, 1.54) is 0 Å². The van der Waals surface area contributed by atoms with Gasteiger partial charge in [0.15, 0.2) is 22.5 Å². The Balaban J connectivity index is 1.44. The largest absolute Gasteiger partial charge is 0.497 e. The Morgan fingerprint density at radius 3 is 2.84 bits per heavy atom. The first-order chi connectivity index (χ1) is 15.7. The first-order valence-electron chi connectivity index (χ1n) is 10.0. The highest BCUT2D eigenvalue weighted by molar-refractivity contribution is 7.98. The molecule has 0 amide bonds. The molecule has 3 heterocycles. The summed E-state index contributed by atoms with van der Waals surface area (Å²) in [7, 11) is 1.65. The average Bonchev–Trinajstić information content (AvgIpc) is 3.48. The second kappa shape index (κ2) is 9.18. The molecule has 0 spiro atoms. The SMILES string of the molecule is COc1cccc(-c2nnc(SCc3cc(Cl)c4c(c3)OCCO4)n2Cc2ccco2)c1. The van der Waals surface area contributed by atoms with Crippen molar-refractivity contribution in [3.05, 3.63) is 71.1 Å². The number of halogens is 1. The van der Waals surface area contributed by atoms with E-state index in [-0.39, 0.29) is 0 Å². The van der Waals surface area contributed by atoms with Gasteiger partial charge in [-0.2, -0.15) is 0 Å². The van der Waals surface area contributed by atoms with E-state index in [0.717, 1.165) is 33.6 Å². The topological polar surface area (TPSA) is 71.5 Å². The minimum absolute atomic E-state index is 0.504. The molecule has 0 unspecified atom stereocenters. The third kappa shape index (κ3) is 4.28. The lowest BCUT2D eigenvalue weighted by Gasteiger charge is -2.20. The standard InChI is InChI=1S/C23H20ClN3O4S/c1-28-17-5-2-4-16(12-17)22-25-26-23(27(22)13-18-6-3-7-29-18)32-14-15-10-19(24)21-20(11-15)30-8-9-31-21/h2-7,10-12H,8-9,13-14H2,1H3. The number of methoxy groups -OCH3 is 1. The third-order valence-corrected chi connectivity index (χ3v) is 6.28. The Hall–Kier alpha value is -3.10. The van der Waals surface area contributed by atoms with Crippen LogP contribution in [0.2, 0.25) is 5.02 Å². The lowest BCUT2D eigenvalue weighted by atomic mass is 10.2. The van der Waals surface area contributed by atoms with Crippen LogP contribution in [0.5, 0.6) is 17.2 Å². The molecular weight excluding hydrogens is 450 g/mol. The van der Waals surface area contributed by atoms with Crippen LogP contribution in [0.1, 0.15) is 11.3 Å². The molecule has 164 valence electrons. The van der Waals surface area contributed by atoms with Gasteiger partial charge in [0.1, 0.15) is 24.7 Å². The maximum absolute atomic E-state index is 6.40. The fraction of sp³-hybridized carbons (Fsp3) is 0.217. The molecule has 0 saturated carbocycles. The van der Waals surface area contributed by atoms with Gasteiger partial charge >= 0.3 is 0 Å². The summed E-state index contributed by atoms with van der Waals surface area (Å²) in [6.45, 7) is 1.53. The molecule has 5 rings (SSSR count). The summed E-state index contributed by atoms with van der Waals surface area (Å²) in [4.78, 5) is 0. The summed E-state index contributed by atoms with van der Waals surface area (Å²) >= 11 is 7.96. The lowest BCUT2D eigenvalue weighted by molar-refractivity contribution is 0.171. The van der Waals surface area contributed by atoms with Gasteiger partial charge in [0, 0.05) is 11.3 Å². The second-order valence-electron chi connectivity index (χ2n) is 7.09. The van der Waals surface area contributed by atoms with Gasteiger partial charge in [-0.15, -0.1) is 10.2 Å². The van der Waals surface area contributed by atoms with E-state index in [1.807, 2.05) is 53.1 Å². The number of hydrogen-bond acceptors (Lipinski definition) is 7. The Kier molecular flexibility index (Phi) is 5.96. The number of nitrogens with zero attached hydrogens (tertiary/aromatic N) is 3. The summed E-state index contributed by atoms with van der Waals surface area (Å²) in [5.74, 6) is 4.24. The van der Waals surface area contributed by atoms with Gasteiger partial charge < -0.3 is 18.6 Å². The maximum atomic E-state index is 6.40. The Bertz CT molecular complexity index is 1230. The van der Waals surface area contributed by atoms with Crippen LogP contribution in [0.3, 0.4) is 0 Å². The molecule has 1 aliphatic heterocycles. The molecule has 0 aliphatic carbocycles. The molecule has 7 nitrogen and oxygen atoms in total. The molecule has 2 aromatic heterocycles. The Labute approximate surface area is 194 Å². The van der Waals surface area contributed by atoms with Gasteiger partial charge in [-0.05, 0) is 42.0 Å². The van der Waals surface area contributed by atoms with E-state index in [1.54, 1.807) is 25.1 Å². The fourth-order valence-corrected chi connectivity index (χ4v) is 4.62. The number of benzene rings is 2. The summed E-state index contributed by atoms with van der Waals surface area (Å²) < 4.78 is 24.3. The van der Waals surface area contributed by atoms with E-state index in [2.05, 4.69) is 10.2 Å². The van der Waals surface area contributed by atoms with Crippen LogP contribution in [0.15, 0.2) is 64.4 Å². The fourth-order valence-electron chi connectivity index (χ4n) is 3.47. The zero-order valence-electron chi connectivity index (χ0n) is 17.3. The average molecular weight is 470 g/mol. The van der Waals surface area contributed by atoms with Crippen LogP contribution in [-0.4, -0.2) is 35.1 Å². The number of hydrogen-bond donors (Lipinski definition) is 0. The van der Waals surface area contributed by atoms with Crippen molar-refractivity contribution in [2.24, 2.45) is 0 Å². The molecular formula is C23H20ClN3O4S. The van der Waals surface area contributed by atoms with Gasteiger partial charge in [0.2, 0.25) is 0 Å². The van der Waals surface area contributed by atoms with Crippen LogP contribution in [0.25, 0.3) is 11.4 Å². The summed E-state index contributed by atoms with van der Waals surface area (Å²) in [6.07, 6.45) is 1.66. The molecule has 9 heteroatoms. The number of aromatic nitrogens is 3. The van der Waals surface area contributed by atoms with Gasteiger partial charge in [-0.25, -0.2) is 0 Å². The van der Waals surface area contributed by atoms with Crippen LogP contribution in [0.4, 0.5) is 0 Å². The van der Waals surface area contributed by atoms with E-state index in [9.17, 15) is 0 Å². The van der Waals surface area contributed by atoms with Crippen molar-refractivity contribution in [3.63, 3.8) is 0 Å². The van der Waals surface area contributed by atoms with Crippen molar-refractivity contribution in [1.82, 2.24) is 14.8 Å². The van der Waals surface area contributed by atoms with Crippen LogP contribution >= 0.6 is 23.4 Å². The quantitative estimate of drug-likeness (QED) is 0.339. The van der Waals surface area contributed by atoms with E-state index in [0.29, 0.717) is 42.0 Å². The van der Waals surface area contributed by atoms with Gasteiger partial charge in [-0.1, -0.05) is 35.5 Å². The molecule has 0 atom stereocenters. The van der Waals surface area contributed by atoms with E-state index < -0.39 is 0 Å². The summed E-state index contributed by atoms with van der Waals surface area (Å²) in [5.41, 5.74) is 1.93. The molecule has 0 bridgehead atoms. The molecule has 32 heavy (non-hydrogen) atoms. The lowest BCUT2D eigenvalue weighted by Crippen LogP contribution is -2.15. The molecule has 4 aromatic rings. The van der Waals surface area contributed by atoms with Crippen LogP contribution < -0.4 is 14.2 Å². The molecule has 1 aliphatic rings. The number of furan rings is 1. The minimum atomic E-state index is 0.504. The van der Waals surface area contributed by atoms with Crippen molar-refractivity contribution in [2.45, 2.75) is 17.5 Å². The minimum Gasteiger partial charge on any atom is -0.497 e. The maximum Gasteiger partial charge on any atom is 0.192 e. The van der Waals surface area contributed by atoms with Crippen LogP contribution in [-0.2, 0) is 12.3 Å². The third-order valence-electron chi connectivity index (χ3n) is 4.96. The molecule has 2 aromatic carbocycles. The zero-order valence-corrected chi connectivity index (χ0v) is 18.9. The highest BCUT2D eigenvalue weighted by Crippen LogP contribution is 2.39. The smallest absolute Gasteiger partial charge is 0.192 e. The van der Waals surface area contributed by atoms with Gasteiger partial charge in [0.05, 0.1) is 24.9 Å².